The Kier molecular flexibility index (Phi) is 4.77. The first kappa shape index (κ1) is 17.1. The third kappa shape index (κ3) is 3.25. The number of ether oxygens (including phenoxy) is 1. The van der Waals surface area contributed by atoms with Crippen molar-refractivity contribution in [1.82, 2.24) is 4.98 Å². The van der Waals surface area contributed by atoms with E-state index in [9.17, 15) is 9.90 Å². The van der Waals surface area contributed by atoms with E-state index in [1.807, 2.05) is 27.7 Å². The van der Waals surface area contributed by atoms with Gasteiger partial charge in [0.2, 0.25) is 0 Å². The molecule has 1 aromatic heterocycles. The van der Waals surface area contributed by atoms with Crippen molar-refractivity contribution >= 4 is 30.5 Å². The van der Waals surface area contributed by atoms with E-state index in [1.54, 1.807) is 11.5 Å². The van der Waals surface area contributed by atoms with Gasteiger partial charge in [0.1, 0.15) is 5.01 Å². The van der Waals surface area contributed by atoms with Crippen LogP contribution in [0.1, 0.15) is 43.2 Å². The lowest BCUT2D eigenvalue weighted by molar-refractivity contribution is 0.00578. The van der Waals surface area contributed by atoms with Crippen LogP contribution >= 0.6 is 11.3 Å². The number of rotatable bonds is 4. The highest BCUT2D eigenvalue weighted by atomic mass is 32.1. The molecular weight excluding hydrogens is 305 g/mol. The molecule has 0 unspecified atom stereocenters. The van der Waals surface area contributed by atoms with Crippen LogP contribution < -0.4 is 0 Å². The van der Waals surface area contributed by atoms with Gasteiger partial charge in [0.25, 0.3) is 0 Å². The Labute approximate surface area is 134 Å². The van der Waals surface area contributed by atoms with Crippen LogP contribution in [0.2, 0.25) is 0 Å². The monoisotopic (exact) mass is 325 g/mol. The molecule has 1 fully saturated rings. The van der Waals surface area contributed by atoms with Crippen molar-refractivity contribution in [3.8, 4) is 0 Å². The number of methoxy groups -OCH3 is 1. The molecule has 1 aliphatic rings. The zero-order valence-electron chi connectivity index (χ0n) is 13.4. The molecule has 1 aliphatic heterocycles. The summed E-state index contributed by atoms with van der Waals surface area (Å²) in [5.74, 6) is -0.489. The molecule has 1 N–H and O–H groups in total. The zero-order chi connectivity index (χ0) is 16.5. The van der Waals surface area contributed by atoms with Gasteiger partial charge in [-0.15, -0.1) is 11.3 Å². The summed E-state index contributed by atoms with van der Waals surface area (Å²) >= 11 is 1.28. The summed E-state index contributed by atoms with van der Waals surface area (Å²) in [6.45, 7) is 7.56. The maximum Gasteiger partial charge on any atom is 0.493 e. The summed E-state index contributed by atoms with van der Waals surface area (Å²) in [5.41, 5.74) is -0.160. The third-order valence-corrected chi connectivity index (χ3v) is 4.76. The molecule has 1 aromatic rings. The van der Waals surface area contributed by atoms with Crippen LogP contribution in [0.15, 0.2) is 10.9 Å². The number of aromatic nitrogens is 1. The maximum atomic E-state index is 11.4. The molecule has 0 bridgehead atoms. The number of esters is 1. The third-order valence-electron chi connectivity index (χ3n) is 3.96. The lowest BCUT2D eigenvalue weighted by atomic mass is 9.78. The Bertz CT molecular complexity index is 580. The minimum absolute atomic E-state index is 0.218. The summed E-state index contributed by atoms with van der Waals surface area (Å²) < 4.78 is 16.4. The standard InChI is InChI=1S/C14H20BNO5S/c1-13(2)14(3,4)21-15(20-13)9(7-17)6-11-16-10(8-22-11)12(18)19-5/h6,8,17H,7H2,1-5H3. The molecule has 8 heteroatoms. The number of carbonyl (C=O) groups is 1. The van der Waals surface area contributed by atoms with Crippen LogP contribution in [0.4, 0.5) is 0 Å². The number of aliphatic hydroxyl groups excluding tert-OH is 1. The highest BCUT2D eigenvalue weighted by Crippen LogP contribution is 2.38. The van der Waals surface area contributed by atoms with Crippen molar-refractivity contribution in [2.45, 2.75) is 38.9 Å². The van der Waals surface area contributed by atoms with Crippen molar-refractivity contribution in [1.29, 1.82) is 0 Å². The van der Waals surface area contributed by atoms with Crippen LogP contribution in [-0.4, -0.2) is 48.1 Å². The van der Waals surface area contributed by atoms with Crippen LogP contribution in [0.5, 0.6) is 0 Å². The van der Waals surface area contributed by atoms with Gasteiger partial charge in [0.15, 0.2) is 5.69 Å². The predicted molar refractivity (Wildman–Crippen MR) is 84.6 cm³/mol. The predicted octanol–water partition coefficient (Wildman–Crippen LogP) is 1.94. The number of aliphatic hydroxyl groups is 1. The van der Waals surface area contributed by atoms with Gasteiger partial charge in [-0.1, -0.05) is 0 Å². The first-order valence-corrected chi connectivity index (χ1v) is 7.79. The van der Waals surface area contributed by atoms with E-state index >= 15 is 0 Å². The van der Waals surface area contributed by atoms with Crippen molar-refractivity contribution in [2.75, 3.05) is 13.7 Å². The highest BCUT2D eigenvalue weighted by molar-refractivity contribution is 7.10. The van der Waals surface area contributed by atoms with E-state index in [1.165, 1.54) is 18.4 Å². The number of thiazole rings is 1. The lowest BCUT2D eigenvalue weighted by Crippen LogP contribution is -2.41. The van der Waals surface area contributed by atoms with Crippen molar-refractivity contribution in [2.24, 2.45) is 0 Å². The van der Waals surface area contributed by atoms with E-state index < -0.39 is 24.3 Å². The molecular formula is C14H20BNO5S. The van der Waals surface area contributed by atoms with Crippen LogP contribution in [0.25, 0.3) is 6.08 Å². The average molecular weight is 325 g/mol. The normalized spacial score (nSPS) is 20.3. The molecule has 6 nitrogen and oxygen atoms in total. The van der Waals surface area contributed by atoms with Crippen LogP contribution in [0.3, 0.4) is 0 Å². The van der Waals surface area contributed by atoms with E-state index in [0.717, 1.165) is 0 Å². The SMILES string of the molecule is COC(=O)c1csc(C=C(CO)B2OC(C)(C)C(C)(C)O2)n1. The van der Waals surface area contributed by atoms with E-state index in [2.05, 4.69) is 9.72 Å². The number of hydrogen-bond acceptors (Lipinski definition) is 7. The van der Waals surface area contributed by atoms with Crippen LogP contribution in [0, 0.1) is 0 Å². The molecule has 0 amide bonds. The van der Waals surface area contributed by atoms with Gasteiger partial charge < -0.3 is 19.2 Å². The molecule has 2 heterocycles. The van der Waals surface area contributed by atoms with Crippen LogP contribution in [-0.2, 0) is 14.0 Å². The summed E-state index contributed by atoms with van der Waals surface area (Å²) in [6, 6.07) is 0. The summed E-state index contributed by atoms with van der Waals surface area (Å²) in [5, 5.41) is 11.8. The summed E-state index contributed by atoms with van der Waals surface area (Å²) in [6.07, 6.45) is 1.68. The smallest absolute Gasteiger partial charge is 0.464 e. The molecule has 0 radical (unpaired) electrons. The second kappa shape index (κ2) is 6.12. The number of hydrogen-bond donors (Lipinski definition) is 1. The fourth-order valence-corrected chi connectivity index (χ4v) is 2.65. The van der Waals surface area contributed by atoms with Gasteiger partial charge in [-0.05, 0) is 39.2 Å². The van der Waals surface area contributed by atoms with E-state index in [-0.39, 0.29) is 12.3 Å². The van der Waals surface area contributed by atoms with Gasteiger partial charge in [-0.25, -0.2) is 9.78 Å². The Hall–Kier alpha value is -1.22. The topological polar surface area (TPSA) is 77.9 Å². The van der Waals surface area contributed by atoms with Crippen molar-refractivity contribution < 1.29 is 23.9 Å². The minimum Gasteiger partial charge on any atom is -0.464 e. The number of carbonyl (C=O) groups excluding carboxylic acids is 1. The van der Waals surface area contributed by atoms with Crippen molar-refractivity contribution in [3.63, 3.8) is 0 Å². The first-order chi connectivity index (χ1) is 10.2. The Morgan fingerprint density at radius 2 is 2.00 bits per heavy atom. The second-order valence-electron chi connectivity index (χ2n) is 6.03. The molecule has 1 saturated heterocycles. The van der Waals surface area contributed by atoms with Gasteiger partial charge in [-0.3, -0.25) is 0 Å². The van der Waals surface area contributed by atoms with E-state index in [4.69, 9.17) is 9.31 Å². The maximum absolute atomic E-state index is 11.4. The molecule has 0 aliphatic carbocycles. The molecule has 22 heavy (non-hydrogen) atoms. The molecule has 0 saturated carbocycles. The highest BCUT2D eigenvalue weighted by Gasteiger charge is 2.52. The molecule has 0 spiro atoms. The molecule has 2 rings (SSSR count). The summed E-state index contributed by atoms with van der Waals surface area (Å²) in [4.78, 5) is 15.6. The van der Waals surface area contributed by atoms with Gasteiger partial charge >= 0.3 is 13.1 Å². The van der Waals surface area contributed by atoms with Gasteiger partial charge in [0, 0.05) is 5.38 Å². The summed E-state index contributed by atoms with van der Waals surface area (Å²) in [7, 11) is 0.668. The Morgan fingerprint density at radius 3 is 2.50 bits per heavy atom. The molecule has 120 valence electrons. The molecule has 0 aromatic carbocycles. The first-order valence-electron chi connectivity index (χ1n) is 6.91. The second-order valence-corrected chi connectivity index (χ2v) is 6.92. The fraction of sp³-hybridized carbons (Fsp3) is 0.571. The largest absolute Gasteiger partial charge is 0.493 e. The van der Waals surface area contributed by atoms with Gasteiger partial charge in [-0.2, -0.15) is 0 Å². The Morgan fingerprint density at radius 1 is 1.41 bits per heavy atom. The average Bonchev–Trinajstić information content (AvgIpc) is 2.98. The zero-order valence-corrected chi connectivity index (χ0v) is 14.2. The fourth-order valence-electron chi connectivity index (χ4n) is 1.89. The van der Waals surface area contributed by atoms with Gasteiger partial charge in [0.05, 0.1) is 24.9 Å². The minimum atomic E-state index is -0.638. The quantitative estimate of drug-likeness (QED) is 0.673. The van der Waals surface area contributed by atoms with E-state index in [0.29, 0.717) is 10.5 Å². The Balaban J connectivity index is 2.22. The van der Waals surface area contributed by atoms with Crippen molar-refractivity contribution in [3.05, 3.63) is 21.6 Å². The number of nitrogens with zero attached hydrogens (tertiary/aromatic N) is 1. The lowest BCUT2D eigenvalue weighted by Gasteiger charge is -2.32. The molecule has 0 atom stereocenters.